The number of amides is 2. The molecule has 1 aliphatic rings. The molecule has 0 fully saturated rings. The van der Waals surface area contributed by atoms with E-state index in [1.54, 1.807) is 11.1 Å². The molecule has 0 saturated heterocycles. The largest absolute Gasteiger partial charge is 0.356 e. The number of carbonyl (C=O) groups excluding carboxylic acids is 2. The molecular formula is C17H23N3O2. The van der Waals surface area contributed by atoms with Crippen LogP contribution in [0.3, 0.4) is 0 Å². The summed E-state index contributed by atoms with van der Waals surface area (Å²) in [5, 5.41) is 2.90. The van der Waals surface area contributed by atoms with Gasteiger partial charge in [-0.1, -0.05) is 24.3 Å². The Morgan fingerprint density at radius 2 is 2.05 bits per heavy atom. The highest BCUT2D eigenvalue weighted by molar-refractivity contribution is 5.81. The Bertz CT molecular complexity index is 569. The molecule has 1 aliphatic heterocycles. The zero-order chi connectivity index (χ0) is 15.9. The van der Waals surface area contributed by atoms with Crippen molar-refractivity contribution in [2.45, 2.75) is 32.2 Å². The second-order valence-electron chi connectivity index (χ2n) is 5.44. The number of nitrogens with two attached hydrogens (primary N) is 1. The average Bonchev–Trinajstić information content (AvgIpc) is 2.51. The van der Waals surface area contributed by atoms with Crippen LogP contribution in [0.25, 0.3) is 6.08 Å². The van der Waals surface area contributed by atoms with E-state index in [1.165, 1.54) is 6.92 Å². The minimum Gasteiger partial charge on any atom is -0.356 e. The maximum Gasteiger partial charge on any atom is 0.223 e. The van der Waals surface area contributed by atoms with Crippen molar-refractivity contribution in [2.75, 3.05) is 13.1 Å². The number of hydrogen-bond donors (Lipinski definition) is 2. The Morgan fingerprint density at radius 1 is 1.27 bits per heavy atom. The second kappa shape index (κ2) is 7.75. The van der Waals surface area contributed by atoms with Gasteiger partial charge in [0.15, 0.2) is 0 Å². The average molecular weight is 301 g/mol. The first-order valence-electron chi connectivity index (χ1n) is 7.66. The topological polar surface area (TPSA) is 75.4 Å². The minimum absolute atomic E-state index is 0.0432. The van der Waals surface area contributed by atoms with E-state index in [0.29, 0.717) is 13.1 Å². The van der Waals surface area contributed by atoms with Crippen molar-refractivity contribution in [2.24, 2.45) is 5.73 Å². The molecule has 1 atom stereocenters. The van der Waals surface area contributed by atoms with Gasteiger partial charge < -0.3 is 16.0 Å². The molecule has 0 bridgehead atoms. The molecule has 2 rings (SSSR count). The molecule has 0 aliphatic carbocycles. The number of rotatable bonds is 6. The molecule has 5 nitrogen and oxygen atoms in total. The van der Waals surface area contributed by atoms with Gasteiger partial charge >= 0.3 is 0 Å². The molecule has 5 heteroatoms. The summed E-state index contributed by atoms with van der Waals surface area (Å²) in [5.41, 5.74) is 7.50. The summed E-state index contributed by atoms with van der Waals surface area (Å²) in [6.07, 6.45) is 5.71. The number of nitrogens with zero attached hydrogens (tertiary/aromatic N) is 1. The lowest BCUT2D eigenvalue weighted by Gasteiger charge is -2.32. The normalized spacial score (nSPS) is 16.3. The molecule has 0 spiro atoms. The van der Waals surface area contributed by atoms with Gasteiger partial charge in [-0.25, -0.2) is 0 Å². The van der Waals surface area contributed by atoms with Gasteiger partial charge in [0.1, 0.15) is 0 Å². The number of hydrogen-bond acceptors (Lipinski definition) is 3. The number of carbonyl (C=O) groups is 2. The van der Waals surface area contributed by atoms with Crippen molar-refractivity contribution in [3.8, 4) is 0 Å². The molecule has 0 saturated carbocycles. The van der Waals surface area contributed by atoms with E-state index in [0.717, 1.165) is 24.0 Å². The van der Waals surface area contributed by atoms with E-state index in [4.69, 9.17) is 5.73 Å². The molecule has 1 aromatic carbocycles. The van der Waals surface area contributed by atoms with Gasteiger partial charge in [-0.15, -0.1) is 0 Å². The van der Waals surface area contributed by atoms with Gasteiger partial charge in [0.25, 0.3) is 0 Å². The highest BCUT2D eigenvalue weighted by Crippen LogP contribution is 2.32. The Labute approximate surface area is 131 Å². The summed E-state index contributed by atoms with van der Waals surface area (Å²) >= 11 is 0. The van der Waals surface area contributed by atoms with Crippen LogP contribution in [0.15, 0.2) is 30.5 Å². The second-order valence-corrected chi connectivity index (χ2v) is 5.44. The van der Waals surface area contributed by atoms with Gasteiger partial charge in [-0.3, -0.25) is 9.59 Å². The van der Waals surface area contributed by atoms with Gasteiger partial charge in [-0.2, -0.15) is 0 Å². The quantitative estimate of drug-likeness (QED) is 0.787. The molecule has 3 N–H and O–H groups in total. The molecule has 0 radical (unpaired) electrons. The summed E-state index contributed by atoms with van der Waals surface area (Å²) in [5.74, 6) is -0.106. The fourth-order valence-electron chi connectivity index (χ4n) is 2.66. The Kier molecular flexibility index (Phi) is 5.72. The van der Waals surface area contributed by atoms with Crippen LogP contribution >= 0.6 is 0 Å². The predicted molar refractivity (Wildman–Crippen MR) is 86.7 cm³/mol. The van der Waals surface area contributed by atoms with Crippen molar-refractivity contribution < 1.29 is 9.59 Å². The van der Waals surface area contributed by atoms with Crippen molar-refractivity contribution in [3.63, 3.8) is 0 Å². The lowest BCUT2D eigenvalue weighted by atomic mass is 9.93. The maximum atomic E-state index is 12.1. The molecule has 22 heavy (non-hydrogen) atoms. The number of unbranched alkanes of at least 4 members (excludes halogenated alkanes) is 1. The van der Waals surface area contributed by atoms with Crippen LogP contribution in [0, 0.1) is 0 Å². The van der Waals surface area contributed by atoms with E-state index >= 15 is 0 Å². The highest BCUT2D eigenvalue weighted by Gasteiger charge is 2.27. The van der Waals surface area contributed by atoms with Gasteiger partial charge in [0.05, 0.1) is 12.5 Å². The van der Waals surface area contributed by atoms with E-state index in [1.807, 2.05) is 30.3 Å². The molecular weight excluding hydrogens is 278 g/mol. The minimum atomic E-state index is -0.242. The summed E-state index contributed by atoms with van der Waals surface area (Å²) < 4.78 is 0. The molecule has 1 unspecified atom stereocenters. The smallest absolute Gasteiger partial charge is 0.223 e. The van der Waals surface area contributed by atoms with Gasteiger partial charge in [0, 0.05) is 19.7 Å². The molecule has 1 heterocycles. The Hall–Kier alpha value is -2.14. The molecule has 118 valence electrons. The number of fused-ring (bicyclic) bond motifs is 1. The van der Waals surface area contributed by atoms with Crippen LogP contribution in [-0.2, 0) is 9.59 Å². The van der Waals surface area contributed by atoms with Crippen molar-refractivity contribution in [3.05, 3.63) is 41.6 Å². The predicted octanol–water partition coefficient (Wildman–Crippen LogP) is 1.81. The van der Waals surface area contributed by atoms with Gasteiger partial charge in [0.2, 0.25) is 11.8 Å². The van der Waals surface area contributed by atoms with Crippen molar-refractivity contribution >= 4 is 17.9 Å². The Morgan fingerprint density at radius 3 is 2.77 bits per heavy atom. The summed E-state index contributed by atoms with van der Waals surface area (Å²) in [4.78, 5) is 25.6. The number of nitrogens with one attached hydrogen (secondary N) is 1. The molecule has 0 aromatic heterocycles. The SMILES string of the molecule is CC(=O)N1C=Cc2ccccc2C1CC(=O)NCCCCN. The van der Waals surface area contributed by atoms with Crippen LogP contribution in [0.2, 0.25) is 0 Å². The van der Waals surface area contributed by atoms with Crippen LogP contribution in [-0.4, -0.2) is 29.8 Å². The third-order valence-corrected chi connectivity index (χ3v) is 3.80. The fourth-order valence-corrected chi connectivity index (χ4v) is 2.66. The zero-order valence-corrected chi connectivity index (χ0v) is 12.9. The summed E-state index contributed by atoms with van der Waals surface area (Å²) in [7, 11) is 0. The van der Waals surface area contributed by atoms with Crippen molar-refractivity contribution in [1.82, 2.24) is 10.2 Å². The lowest BCUT2D eigenvalue weighted by Crippen LogP contribution is -2.35. The van der Waals surface area contributed by atoms with Crippen LogP contribution in [0.4, 0.5) is 0 Å². The first kappa shape index (κ1) is 16.2. The van der Waals surface area contributed by atoms with Crippen LogP contribution in [0.1, 0.15) is 43.4 Å². The number of benzene rings is 1. The monoisotopic (exact) mass is 301 g/mol. The third kappa shape index (κ3) is 3.95. The lowest BCUT2D eigenvalue weighted by molar-refractivity contribution is -0.129. The third-order valence-electron chi connectivity index (χ3n) is 3.80. The highest BCUT2D eigenvalue weighted by atomic mass is 16.2. The molecule has 1 aromatic rings. The fraction of sp³-hybridized carbons (Fsp3) is 0.412. The zero-order valence-electron chi connectivity index (χ0n) is 12.9. The van der Waals surface area contributed by atoms with Crippen molar-refractivity contribution in [1.29, 1.82) is 0 Å². The molecule has 2 amide bonds. The maximum absolute atomic E-state index is 12.1. The van der Waals surface area contributed by atoms with E-state index in [9.17, 15) is 9.59 Å². The van der Waals surface area contributed by atoms with E-state index in [2.05, 4.69) is 5.32 Å². The first-order valence-corrected chi connectivity index (χ1v) is 7.66. The van der Waals surface area contributed by atoms with Crippen LogP contribution in [0.5, 0.6) is 0 Å². The Balaban J connectivity index is 2.07. The van der Waals surface area contributed by atoms with Crippen LogP contribution < -0.4 is 11.1 Å². The first-order chi connectivity index (χ1) is 10.6. The van der Waals surface area contributed by atoms with E-state index in [-0.39, 0.29) is 24.3 Å². The van der Waals surface area contributed by atoms with Gasteiger partial charge in [-0.05, 0) is 36.6 Å². The standard InChI is InChI=1S/C17H23N3O2/c1-13(21)20-11-8-14-6-2-3-7-15(14)16(20)12-17(22)19-10-5-4-9-18/h2-3,6-8,11,16H,4-5,9-10,12,18H2,1H3,(H,19,22). The summed E-state index contributed by atoms with van der Waals surface area (Å²) in [6, 6.07) is 7.61. The summed E-state index contributed by atoms with van der Waals surface area (Å²) in [6.45, 7) is 2.78. The van der Waals surface area contributed by atoms with E-state index < -0.39 is 0 Å².